The summed E-state index contributed by atoms with van der Waals surface area (Å²) in [6.45, 7) is 3.52. The highest BCUT2D eigenvalue weighted by atomic mass is 35.5. The molecular weight excluding hydrogens is 245 g/mol. The van der Waals surface area contributed by atoms with E-state index in [0.29, 0.717) is 5.88 Å². The zero-order chi connectivity index (χ0) is 11.4. The van der Waals surface area contributed by atoms with Crippen LogP contribution in [0.2, 0.25) is 5.02 Å². The highest BCUT2D eigenvalue weighted by Gasteiger charge is 2.13. The zero-order valence-electron chi connectivity index (χ0n) is 9.09. The molecule has 88 valence electrons. The normalized spacial score (nSPS) is 17.2. The van der Waals surface area contributed by atoms with Crippen LogP contribution in [0, 0.1) is 0 Å². The lowest BCUT2D eigenvalue weighted by molar-refractivity contribution is 0.152. The van der Waals surface area contributed by atoms with Crippen LogP contribution in [0.5, 0.6) is 0 Å². The fraction of sp³-hybridized carbons (Fsp3) is 0.500. The Balaban J connectivity index is 2.25. The van der Waals surface area contributed by atoms with Gasteiger partial charge in [-0.15, -0.1) is 11.6 Å². The van der Waals surface area contributed by atoms with Crippen LogP contribution >= 0.6 is 23.2 Å². The quantitative estimate of drug-likeness (QED) is 0.756. The summed E-state index contributed by atoms with van der Waals surface area (Å²) < 4.78 is 5.44. The first kappa shape index (κ1) is 12.0. The molecule has 1 saturated heterocycles. The van der Waals surface area contributed by atoms with Crippen molar-refractivity contribution >= 4 is 28.9 Å². The molecule has 1 aliphatic rings. The molecule has 1 fully saturated rings. The standard InChI is InChI=1S/C12H15Cl2NO/c13-9-10-2-3-11(14)8-12(10)15-4-1-6-16-7-5-15/h2-3,8H,1,4-7,9H2. The third kappa shape index (κ3) is 2.82. The maximum atomic E-state index is 6.03. The third-order valence-electron chi connectivity index (χ3n) is 2.75. The van der Waals surface area contributed by atoms with Gasteiger partial charge in [-0.25, -0.2) is 0 Å². The smallest absolute Gasteiger partial charge is 0.0641 e. The van der Waals surface area contributed by atoms with Crippen molar-refractivity contribution < 1.29 is 4.74 Å². The summed E-state index contributed by atoms with van der Waals surface area (Å²) >= 11 is 12.0. The van der Waals surface area contributed by atoms with Gasteiger partial charge < -0.3 is 9.64 Å². The molecule has 0 aliphatic carbocycles. The first-order valence-corrected chi connectivity index (χ1v) is 6.39. The first-order chi connectivity index (χ1) is 7.81. The van der Waals surface area contributed by atoms with Gasteiger partial charge in [0.1, 0.15) is 0 Å². The number of nitrogens with zero attached hydrogens (tertiary/aromatic N) is 1. The van der Waals surface area contributed by atoms with Crippen LogP contribution in [0.25, 0.3) is 0 Å². The molecule has 1 aromatic carbocycles. The van der Waals surface area contributed by atoms with Crippen LogP contribution in [0.3, 0.4) is 0 Å². The Morgan fingerprint density at radius 3 is 2.94 bits per heavy atom. The van der Waals surface area contributed by atoms with Gasteiger partial charge in [0, 0.05) is 36.3 Å². The fourth-order valence-corrected chi connectivity index (χ4v) is 2.32. The van der Waals surface area contributed by atoms with Crippen molar-refractivity contribution in [1.82, 2.24) is 0 Å². The van der Waals surface area contributed by atoms with Crippen LogP contribution in [-0.4, -0.2) is 26.3 Å². The first-order valence-electron chi connectivity index (χ1n) is 5.48. The van der Waals surface area contributed by atoms with Gasteiger partial charge >= 0.3 is 0 Å². The molecule has 0 unspecified atom stereocenters. The topological polar surface area (TPSA) is 12.5 Å². The van der Waals surface area contributed by atoms with Crippen molar-refractivity contribution in [2.45, 2.75) is 12.3 Å². The molecule has 0 bridgehead atoms. The van der Waals surface area contributed by atoms with Crippen molar-refractivity contribution in [1.29, 1.82) is 0 Å². The van der Waals surface area contributed by atoms with E-state index < -0.39 is 0 Å². The van der Waals surface area contributed by atoms with Crippen LogP contribution in [0.15, 0.2) is 18.2 Å². The number of rotatable bonds is 2. The van der Waals surface area contributed by atoms with E-state index in [9.17, 15) is 0 Å². The summed E-state index contributed by atoms with van der Waals surface area (Å²) in [7, 11) is 0. The lowest BCUT2D eigenvalue weighted by Crippen LogP contribution is -2.26. The summed E-state index contributed by atoms with van der Waals surface area (Å²) in [6.07, 6.45) is 1.05. The second kappa shape index (κ2) is 5.76. The molecule has 2 rings (SSSR count). The van der Waals surface area contributed by atoms with Gasteiger partial charge in [0.05, 0.1) is 6.61 Å². The Kier molecular flexibility index (Phi) is 4.33. The maximum Gasteiger partial charge on any atom is 0.0641 e. The molecule has 16 heavy (non-hydrogen) atoms. The molecule has 0 saturated carbocycles. The molecule has 0 aromatic heterocycles. The predicted octanol–water partition coefficient (Wildman–Crippen LogP) is 3.31. The highest BCUT2D eigenvalue weighted by molar-refractivity contribution is 6.31. The second-order valence-electron chi connectivity index (χ2n) is 3.86. The molecule has 0 amide bonds. The van der Waals surface area contributed by atoms with E-state index in [4.69, 9.17) is 27.9 Å². The van der Waals surface area contributed by atoms with Crippen LogP contribution in [-0.2, 0) is 10.6 Å². The Morgan fingerprint density at radius 1 is 1.25 bits per heavy atom. The van der Waals surface area contributed by atoms with E-state index in [1.165, 1.54) is 0 Å². The van der Waals surface area contributed by atoms with Crippen molar-refractivity contribution in [2.24, 2.45) is 0 Å². The van der Waals surface area contributed by atoms with E-state index >= 15 is 0 Å². The average molecular weight is 260 g/mol. The molecule has 4 heteroatoms. The van der Waals surface area contributed by atoms with Crippen molar-refractivity contribution in [3.8, 4) is 0 Å². The molecule has 0 atom stereocenters. The number of anilines is 1. The van der Waals surface area contributed by atoms with E-state index in [-0.39, 0.29) is 0 Å². The van der Waals surface area contributed by atoms with E-state index in [1.54, 1.807) is 0 Å². The van der Waals surface area contributed by atoms with Gasteiger partial charge in [0.2, 0.25) is 0 Å². The van der Waals surface area contributed by atoms with Gasteiger partial charge in [0.15, 0.2) is 0 Å². The Labute approximate surface area is 106 Å². The Bertz CT molecular complexity index is 349. The number of benzene rings is 1. The molecule has 0 radical (unpaired) electrons. The number of ether oxygens (including phenoxy) is 1. The Morgan fingerprint density at radius 2 is 2.12 bits per heavy atom. The molecule has 1 heterocycles. The van der Waals surface area contributed by atoms with Crippen molar-refractivity contribution in [3.05, 3.63) is 28.8 Å². The maximum absolute atomic E-state index is 6.03. The molecule has 1 aromatic rings. The van der Waals surface area contributed by atoms with Crippen LogP contribution in [0.4, 0.5) is 5.69 Å². The summed E-state index contributed by atoms with van der Waals surface area (Å²) in [5.74, 6) is 0.518. The number of alkyl halides is 1. The summed E-state index contributed by atoms with van der Waals surface area (Å²) in [4.78, 5) is 2.30. The van der Waals surface area contributed by atoms with E-state index in [0.717, 1.165) is 49.0 Å². The van der Waals surface area contributed by atoms with Gasteiger partial charge in [-0.2, -0.15) is 0 Å². The molecular formula is C12H15Cl2NO. The predicted molar refractivity (Wildman–Crippen MR) is 68.7 cm³/mol. The van der Waals surface area contributed by atoms with Crippen LogP contribution < -0.4 is 4.90 Å². The lowest BCUT2D eigenvalue weighted by Gasteiger charge is -2.24. The van der Waals surface area contributed by atoms with Crippen LogP contribution in [0.1, 0.15) is 12.0 Å². The largest absolute Gasteiger partial charge is 0.380 e. The van der Waals surface area contributed by atoms with Crippen molar-refractivity contribution in [2.75, 3.05) is 31.2 Å². The highest BCUT2D eigenvalue weighted by Crippen LogP contribution is 2.27. The van der Waals surface area contributed by atoms with E-state index in [1.807, 2.05) is 18.2 Å². The molecule has 1 aliphatic heterocycles. The minimum absolute atomic E-state index is 0.518. The van der Waals surface area contributed by atoms with Crippen molar-refractivity contribution in [3.63, 3.8) is 0 Å². The van der Waals surface area contributed by atoms with Gasteiger partial charge in [0.25, 0.3) is 0 Å². The van der Waals surface area contributed by atoms with E-state index in [2.05, 4.69) is 4.90 Å². The lowest BCUT2D eigenvalue weighted by atomic mass is 10.1. The number of halogens is 2. The monoisotopic (exact) mass is 259 g/mol. The van der Waals surface area contributed by atoms with Gasteiger partial charge in [-0.1, -0.05) is 17.7 Å². The second-order valence-corrected chi connectivity index (χ2v) is 4.56. The zero-order valence-corrected chi connectivity index (χ0v) is 10.6. The summed E-state index contributed by atoms with van der Waals surface area (Å²) in [5.41, 5.74) is 2.28. The third-order valence-corrected chi connectivity index (χ3v) is 3.28. The van der Waals surface area contributed by atoms with Gasteiger partial charge in [-0.05, 0) is 24.1 Å². The average Bonchev–Trinajstić information content (AvgIpc) is 2.57. The molecule has 0 N–H and O–H groups in total. The minimum atomic E-state index is 0.518. The number of hydrogen-bond donors (Lipinski definition) is 0. The summed E-state index contributed by atoms with van der Waals surface area (Å²) in [5, 5.41) is 0.758. The van der Waals surface area contributed by atoms with Gasteiger partial charge in [-0.3, -0.25) is 0 Å². The fourth-order valence-electron chi connectivity index (χ4n) is 1.93. The summed E-state index contributed by atoms with van der Waals surface area (Å²) in [6, 6.07) is 5.87. The SMILES string of the molecule is ClCc1ccc(Cl)cc1N1CCCOCC1. The molecule has 0 spiro atoms. The Hall–Kier alpha value is -0.440. The number of hydrogen-bond acceptors (Lipinski definition) is 2. The molecule has 2 nitrogen and oxygen atoms in total. The minimum Gasteiger partial charge on any atom is -0.380 e.